The first-order valence-electron chi connectivity index (χ1n) is 7.56. The van der Waals surface area contributed by atoms with Gasteiger partial charge in [0.15, 0.2) is 0 Å². The quantitative estimate of drug-likeness (QED) is 0.840. The van der Waals surface area contributed by atoms with Gasteiger partial charge in [0.25, 0.3) is 5.91 Å². The first-order valence-corrected chi connectivity index (χ1v) is 7.56. The highest BCUT2D eigenvalue weighted by Crippen LogP contribution is 2.22. The molecular weight excluding hydrogens is 280 g/mol. The summed E-state index contributed by atoms with van der Waals surface area (Å²) in [6.45, 7) is 8.02. The molecule has 0 aromatic heterocycles. The summed E-state index contributed by atoms with van der Waals surface area (Å²) in [6, 6.07) is 7.23. The molecular formula is C17H24N2O3. The van der Waals surface area contributed by atoms with Gasteiger partial charge in [0, 0.05) is 31.6 Å². The van der Waals surface area contributed by atoms with E-state index in [0.717, 1.165) is 0 Å². The second kappa shape index (κ2) is 6.38. The lowest BCUT2D eigenvalue weighted by Crippen LogP contribution is -2.53. The second-order valence-corrected chi connectivity index (χ2v) is 6.53. The average molecular weight is 304 g/mol. The normalized spacial score (nSPS) is 15.6. The molecule has 0 bridgehead atoms. The van der Waals surface area contributed by atoms with Gasteiger partial charge in [-0.2, -0.15) is 0 Å². The Hall–Kier alpha value is -2.04. The summed E-state index contributed by atoms with van der Waals surface area (Å²) in [7, 11) is 1.56. The Balaban J connectivity index is 2.03. The summed E-state index contributed by atoms with van der Waals surface area (Å²) >= 11 is 0. The van der Waals surface area contributed by atoms with Crippen LogP contribution in [0.15, 0.2) is 24.3 Å². The van der Waals surface area contributed by atoms with Crippen molar-refractivity contribution in [3.8, 4) is 5.75 Å². The van der Waals surface area contributed by atoms with Crippen molar-refractivity contribution in [3.05, 3.63) is 29.8 Å². The molecule has 1 aliphatic heterocycles. The molecule has 1 heterocycles. The fourth-order valence-electron chi connectivity index (χ4n) is 2.58. The Morgan fingerprint density at radius 3 is 2.09 bits per heavy atom. The summed E-state index contributed by atoms with van der Waals surface area (Å²) in [5.41, 5.74) is 0.190. The van der Waals surface area contributed by atoms with Crippen molar-refractivity contribution in [1.29, 1.82) is 0 Å². The number of piperazine rings is 1. The number of carbonyl (C=O) groups excluding carboxylic acids is 2. The average Bonchev–Trinajstić information content (AvgIpc) is 2.52. The van der Waals surface area contributed by atoms with E-state index in [0.29, 0.717) is 37.5 Å². The molecule has 2 rings (SSSR count). The summed E-state index contributed by atoms with van der Waals surface area (Å²) in [6.07, 6.45) is 0. The van der Waals surface area contributed by atoms with Gasteiger partial charge in [0.2, 0.25) is 5.91 Å². The predicted octanol–water partition coefficient (Wildman–Crippen LogP) is 2.03. The van der Waals surface area contributed by atoms with Crippen LogP contribution in [0, 0.1) is 5.41 Å². The molecule has 1 aromatic carbocycles. The Morgan fingerprint density at radius 2 is 1.55 bits per heavy atom. The lowest BCUT2D eigenvalue weighted by atomic mass is 9.94. The largest absolute Gasteiger partial charge is 0.496 e. The van der Waals surface area contributed by atoms with E-state index in [1.807, 2.05) is 37.8 Å². The van der Waals surface area contributed by atoms with Crippen LogP contribution in [-0.4, -0.2) is 54.9 Å². The smallest absolute Gasteiger partial charge is 0.257 e. The fourth-order valence-corrected chi connectivity index (χ4v) is 2.58. The lowest BCUT2D eigenvalue weighted by Gasteiger charge is -2.37. The zero-order valence-electron chi connectivity index (χ0n) is 13.8. The monoisotopic (exact) mass is 304 g/mol. The summed E-state index contributed by atoms with van der Waals surface area (Å²) < 4.78 is 5.25. The third kappa shape index (κ3) is 3.40. The highest BCUT2D eigenvalue weighted by molar-refractivity contribution is 5.97. The molecule has 0 aliphatic carbocycles. The van der Waals surface area contributed by atoms with E-state index in [2.05, 4.69) is 0 Å². The van der Waals surface area contributed by atoms with Crippen LogP contribution in [0.5, 0.6) is 5.75 Å². The molecule has 0 spiro atoms. The standard InChI is InChI=1S/C17H24N2O3/c1-17(2,3)16(21)19-11-9-18(10-12-19)15(20)13-7-5-6-8-14(13)22-4/h5-8H,9-12H2,1-4H3. The van der Waals surface area contributed by atoms with E-state index >= 15 is 0 Å². The Morgan fingerprint density at radius 1 is 1.00 bits per heavy atom. The molecule has 0 radical (unpaired) electrons. The molecule has 0 N–H and O–H groups in total. The molecule has 120 valence electrons. The number of para-hydroxylation sites is 1. The highest BCUT2D eigenvalue weighted by Gasteiger charge is 2.31. The van der Waals surface area contributed by atoms with E-state index in [1.54, 1.807) is 24.1 Å². The second-order valence-electron chi connectivity index (χ2n) is 6.53. The van der Waals surface area contributed by atoms with Gasteiger partial charge in [-0.05, 0) is 12.1 Å². The Kier molecular flexibility index (Phi) is 4.74. The van der Waals surface area contributed by atoms with Crippen molar-refractivity contribution in [2.45, 2.75) is 20.8 Å². The van der Waals surface area contributed by atoms with Crippen molar-refractivity contribution >= 4 is 11.8 Å². The Labute approximate surface area is 131 Å². The zero-order chi connectivity index (χ0) is 16.3. The molecule has 22 heavy (non-hydrogen) atoms. The van der Waals surface area contributed by atoms with Gasteiger partial charge in [-0.1, -0.05) is 32.9 Å². The van der Waals surface area contributed by atoms with Gasteiger partial charge < -0.3 is 14.5 Å². The van der Waals surface area contributed by atoms with Crippen molar-refractivity contribution in [3.63, 3.8) is 0 Å². The molecule has 2 amide bonds. The molecule has 5 nitrogen and oxygen atoms in total. The summed E-state index contributed by atoms with van der Waals surface area (Å²) in [5, 5.41) is 0. The van der Waals surface area contributed by atoms with E-state index in [1.165, 1.54) is 0 Å². The number of carbonyl (C=O) groups is 2. The number of benzene rings is 1. The number of methoxy groups -OCH3 is 1. The van der Waals surface area contributed by atoms with Gasteiger partial charge in [-0.3, -0.25) is 9.59 Å². The third-order valence-corrected chi connectivity index (χ3v) is 3.83. The molecule has 0 unspecified atom stereocenters. The van der Waals surface area contributed by atoms with E-state index in [4.69, 9.17) is 4.74 Å². The van der Waals surface area contributed by atoms with Crippen LogP contribution >= 0.6 is 0 Å². The van der Waals surface area contributed by atoms with E-state index < -0.39 is 0 Å². The SMILES string of the molecule is COc1ccccc1C(=O)N1CCN(C(=O)C(C)(C)C)CC1. The molecule has 1 aromatic rings. The minimum atomic E-state index is -0.380. The molecule has 5 heteroatoms. The maximum atomic E-state index is 12.6. The van der Waals surface area contributed by atoms with Crippen molar-refractivity contribution < 1.29 is 14.3 Å². The van der Waals surface area contributed by atoms with Crippen LogP contribution in [0.4, 0.5) is 0 Å². The predicted molar refractivity (Wildman–Crippen MR) is 84.9 cm³/mol. The van der Waals surface area contributed by atoms with Gasteiger partial charge in [0.05, 0.1) is 12.7 Å². The van der Waals surface area contributed by atoms with Crippen LogP contribution in [0.3, 0.4) is 0 Å². The van der Waals surface area contributed by atoms with E-state index in [9.17, 15) is 9.59 Å². The molecule has 1 saturated heterocycles. The number of hydrogen-bond acceptors (Lipinski definition) is 3. The lowest BCUT2D eigenvalue weighted by molar-refractivity contribution is -0.140. The van der Waals surface area contributed by atoms with Crippen molar-refractivity contribution in [2.24, 2.45) is 5.41 Å². The van der Waals surface area contributed by atoms with Crippen LogP contribution in [0.2, 0.25) is 0 Å². The van der Waals surface area contributed by atoms with Gasteiger partial charge in [-0.25, -0.2) is 0 Å². The van der Waals surface area contributed by atoms with Crippen LogP contribution < -0.4 is 4.74 Å². The minimum absolute atomic E-state index is 0.0414. The molecule has 0 saturated carbocycles. The first-order chi connectivity index (χ1) is 10.3. The maximum absolute atomic E-state index is 12.6. The van der Waals surface area contributed by atoms with Crippen molar-refractivity contribution in [2.75, 3.05) is 33.3 Å². The number of rotatable bonds is 2. The zero-order valence-corrected chi connectivity index (χ0v) is 13.8. The third-order valence-electron chi connectivity index (χ3n) is 3.83. The summed E-state index contributed by atoms with van der Waals surface area (Å²) in [4.78, 5) is 28.5. The number of nitrogens with zero attached hydrogens (tertiary/aromatic N) is 2. The van der Waals surface area contributed by atoms with Gasteiger partial charge in [0.1, 0.15) is 5.75 Å². The maximum Gasteiger partial charge on any atom is 0.257 e. The fraction of sp³-hybridized carbons (Fsp3) is 0.529. The number of hydrogen-bond donors (Lipinski definition) is 0. The van der Waals surface area contributed by atoms with Crippen LogP contribution in [0.1, 0.15) is 31.1 Å². The van der Waals surface area contributed by atoms with Crippen LogP contribution in [-0.2, 0) is 4.79 Å². The van der Waals surface area contributed by atoms with Gasteiger partial charge >= 0.3 is 0 Å². The topological polar surface area (TPSA) is 49.9 Å². The number of ether oxygens (including phenoxy) is 1. The van der Waals surface area contributed by atoms with Gasteiger partial charge in [-0.15, -0.1) is 0 Å². The number of amides is 2. The summed E-state index contributed by atoms with van der Waals surface area (Å²) in [5.74, 6) is 0.679. The highest BCUT2D eigenvalue weighted by atomic mass is 16.5. The molecule has 1 aliphatic rings. The molecule has 0 atom stereocenters. The minimum Gasteiger partial charge on any atom is -0.496 e. The Bertz CT molecular complexity index is 555. The van der Waals surface area contributed by atoms with Crippen molar-refractivity contribution in [1.82, 2.24) is 9.80 Å². The van der Waals surface area contributed by atoms with Crippen LogP contribution in [0.25, 0.3) is 0 Å². The van der Waals surface area contributed by atoms with E-state index in [-0.39, 0.29) is 17.2 Å². The molecule has 1 fully saturated rings. The first kappa shape index (κ1) is 16.3.